The number of ether oxygens (including phenoxy) is 1. The van der Waals surface area contributed by atoms with Gasteiger partial charge in [-0.1, -0.05) is 30.3 Å². The summed E-state index contributed by atoms with van der Waals surface area (Å²) in [7, 11) is 0. The van der Waals surface area contributed by atoms with Gasteiger partial charge in [-0.05, 0) is 45.0 Å². The molecule has 0 aliphatic heterocycles. The van der Waals surface area contributed by atoms with Gasteiger partial charge in [-0.15, -0.1) is 0 Å². The maximum atomic E-state index is 13.8. The predicted molar refractivity (Wildman–Crippen MR) is 98.2 cm³/mol. The Bertz CT molecular complexity index is 777. The van der Waals surface area contributed by atoms with Gasteiger partial charge in [-0.3, -0.25) is 5.01 Å². The van der Waals surface area contributed by atoms with Gasteiger partial charge < -0.3 is 10.2 Å². The van der Waals surface area contributed by atoms with E-state index in [0.29, 0.717) is 0 Å². The number of nitrogens with one attached hydrogen (secondary N) is 1. The first kappa shape index (κ1) is 19.4. The quantitative estimate of drug-likeness (QED) is 0.591. The monoisotopic (exact) mass is 360 g/mol. The molecule has 4 nitrogen and oxygen atoms in total. The van der Waals surface area contributed by atoms with E-state index in [-0.39, 0.29) is 12.2 Å². The van der Waals surface area contributed by atoms with Crippen molar-refractivity contribution in [2.24, 2.45) is 0 Å². The molecule has 0 bridgehead atoms. The van der Waals surface area contributed by atoms with E-state index in [9.17, 15) is 13.6 Å². The van der Waals surface area contributed by atoms with Crippen molar-refractivity contribution in [3.05, 3.63) is 71.9 Å². The molecule has 0 saturated carbocycles. The van der Waals surface area contributed by atoms with Crippen molar-refractivity contribution >= 4 is 17.7 Å². The van der Waals surface area contributed by atoms with Crippen LogP contribution in [0.2, 0.25) is 0 Å². The van der Waals surface area contributed by atoms with Crippen molar-refractivity contribution in [1.29, 1.82) is 0 Å². The molecule has 0 amide bonds. The molecule has 0 aliphatic carbocycles. The Hall–Kier alpha value is -2.89. The molecule has 26 heavy (non-hydrogen) atoms. The van der Waals surface area contributed by atoms with Gasteiger partial charge in [0.05, 0.1) is 12.3 Å². The molecule has 0 unspecified atom stereocenters. The fourth-order valence-corrected chi connectivity index (χ4v) is 2.39. The molecule has 2 aromatic carbocycles. The number of esters is 1. The molecule has 0 saturated heterocycles. The maximum Gasteiger partial charge on any atom is 0.333 e. The highest BCUT2D eigenvalue weighted by atomic mass is 19.2. The molecule has 138 valence electrons. The molecule has 0 aliphatic rings. The van der Waals surface area contributed by atoms with Crippen molar-refractivity contribution < 1.29 is 18.3 Å². The summed E-state index contributed by atoms with van der Waals surface area (Å²) in [6.45, 7) is 5.42. The molecule has 0 atom stereocenters. The van der Waals surface area contributed by atoms with E-state index in [2.05, 4.69) is 5.43 Å². The number of para-hydroxylation sites is 1. The van der Waals surface area contributed by atoms with Crippen molar-refractivity contribution in [3.63, 3.8) is 0 Å². The second-order valence-corrected chi connectivity index (χ2v) is 6.06. The fourth-order valence-electron chi connectivity index (χ4n) is 2.39. The van der Waals surface area contributed by atoms with Gasteiger partial charge in [0.25, 0.3) is 0 Å². The molecule has 0 fully saturated rings. The van der Waals surface area contributed by atoms with Crippen LogP contribution in [-0.2, 0) is 9.53 Å². The summed E-state index contributed by atoms with van der Waals surface area (Å²) in [5, 5.41) is 1.61. The van der Waals surface area contributed by atoms with E-state index in [4.69, 9.17) is 4.74 Å². The van der Waals surface area contributed by atoms with Crippen molar-refractivity contribution in [1.82, 2.24) is 5.43 Å². The zero-order chi connectivity index (χ0) is 19.2. The molecule has 0 heterocycles. The first-order valence-corrected chi connectivity index (χ1v) is 8.27. The topological polar surface area (TPSA) is 41.6 Å². The van der Waals surface area contributed by atoms with E-state index in [1.807, 2.05) is 30.3 Å². The molecule has 2 rings (SSSR count). The first-order chi connectivity index (χ1) is 12.4. The second-order valence-electron chi connectivity index (χ2n) is 6.06. The van der Waals surface area contributed by atoms with Crippen LogP contribution in [0.1, 0.15) is 26.3 Å². The third kappa shape index (κ3) is 4.39. The minimum atomic E-state index is -1.04. The fraction of sp³-hybridized carbons (Fsp3) is 0.250. The normalized spacial score (nSPS) is 11.4. The van der Waals surface area contributed by atoms with Crippen LogP contribution in [0.15, 0.2) is 54.7 Å². The molecule has 6 heteroatoms. The number of carbonyl (C=O) groups excluding carboxylic acids is 1. The Kier molecular flexibility index (Phi) is 6.33. The number of anilines is 1. The summed E-state index contributed by atoms with van der Waals surface area (Å²) in [4.78, 5) is 12.4. The molecule has 0 spiro atoms. The Morgan fingerprint density at radius 2 is 1.85 bits per heavy atom. The van der Waals surface area contributed by atoms with Gasteiger partial charge in [0.1, 0.15) is 0 Å². The van der Waals surface area contributed by atoms with Crippen LogP contribution in [0.25, 0.3) is 6.08 Å². The third-order valence-electron chi connectivity index (χ3n) is 3.80. The Balaban J connectivity index is 2.29. The number of hydrogen-bond acceptors (Lipinski definition) is 4. The van der Waals surface area contributed by atoms with Crippen LogP contribution in [-0.4, -0.2) is 18.1 Å². The maximum absolute atomic E-state index is 13.8. The summed E-state index contributed by atoms with van der Waals surface area (Å²) in [5.41, 5.74) is 2.75. The van der Waals surface area contributed by atoms with Crippen LogP contribution in [0.5, 0.6) is 0 Å². The van der Waals surface area contributed by atoms with E-state index in [0.717, 1.165) is 11.8 Å². The van der Waals surface area contributed by atoms with Crippen LogP contribution >= 0.6 is 0 Å². The third-order valence-corrected chi connectivity index (χ3v) is 3.80. The number of carbonyl (C=O) groups is 1. The summed E-state index contributed by atoms with van der Waals surface area (Å²) in [5.74, 6) is -2.26. The number of rotatable bonds is 7. The standard InChI is InChI=1S/C20H22F2N2O2/c1-4-26-19(25)20(2,3)24(16-10-6-5-7-11-16)23-14-13-15-9-8-12-17(21)18(15)22/h5-14,23H,4H2,1-3H3/b14-13-. The van der Waals surface area contributed by atoms with Crippen molar-refractivity contribution in [2.75, 3.05) is 11.6 Å². The molecule has 0 radical (unpaired) electrons. The number of hydrogen-bond donors (Lipinski definition) is 1. The SMILES string of the molecule is CCOC(=O)C(C)(C)N(N/C=C\c1cccc(F)c1F)c1ccccc1. The lowest BCUT2D eigenvalue weighted by molar-refractivity contribution is -0.148. The summed E-state index contributed by atoms with van der Waals surface area (Å²) < 4.78 is 32.2. The summed E-state index contributed by atoms with van der Waals surface area (Å²) >= 11 is 0. The van der Waals surface area contributed by atoms with Gasteiger partial charge in [0, 0.05) is 11.8 Å². The highest BCUT2D eigenvalue weighted by Crippen LogP contribution is 2.23. The van der Waals surface area contributed by atoms with Gasteiger partial charge in [-0.25, -0.2) is 13.6 Å². The van der Waals surface area contributed by atoms with Crippen LogP contribution in [0.4, 0.5) is 14.5 Å². The molecular weight excluding hydrogens is 338 g/mol. The lowest BCUT2D eigenvalue weighted by Crippen LogP contribution is -2.56. The highest BCUT2D eigenvalue weighted by Gasteiger charge is 2.36. The Morgan fingerprint density at radius 3 is 2.50 bits per heavy atom. The molecule has 1 N–H and O–H groups in total. The van der Waals surface area contributed by atoms with Crippen LogP contribution in [0.3, 0.4) is 0 Å². The van der Waals surface area contributed by atoms with Crippen LogP contribution in [0, 0.1) is 11.6 Å². The largest absolute Gasteiger partial charge is 0.464 e. The van der Waals surface area contributed by atoms with E-state index < -0.39 is 23.1 Å². The Morgan fingerprint density at radius 1 is 1.15 bits per heavy atom. The summed E-state index contributed by atoms with van der Waals surface area (Å²) in [6, 6.07) is 13.1. The minimum absolute atomic E-state index is 0.0967. The zero-order valence-corrected chi connectivity index (χ0v) is 15.0. The molecule has 2 aromatic rings. The van der Waals surface area contributed by atoms with Crippen molar-refractivity contribution in [2.45, 2.75) is 26.3 Å². The number of hydrazine groups is 1. The smallest absolute Gasteiger partial charge is 0.333 e. The highest BCUT2D eigenvalue weighted by molar-refractivity contribution is 5.84. The number of benzene rings is 2. The lowest BCUT2D eigenvalue weighted by atomic mass is 10.0. The average molecular weight is 360 g/mol. The van der Waals surface area contributed by atoms with Gasteiger partial charge in [-0.2, -0.15) is 0 Å². The predicted octanol–water partition coefficient (Wildman–Crippen LogP) is 4.29. The number of halogens is 2. The second kappa shape index (κ2) is 8.47. The minimum Gasteiger partial charge on any atom is -0.464 e. The Labute approximate surface area is 152 Å². The van der Waals surface area contributed by atoms with E-state index in [1.54, 1.807) is 25.8 Å². The number of nitrogens with zero attached hydrogens (tertiary/aromatic N) is 1. The first-order valence-electron chi connectivity index (χ1n) is 8.27. The average Bonchev–Trinajstić information content (AvgIpc) is 2.63. The van der Waals surface area contributed by atoms with Gasteiger partial charge in [0.2, 0.25) is 0 Å². The summed E-state index contributed by atoms with van der Waals surface area (Å²) in [6.07, 6.45) is 2.85. The van der Waals surface area contributed by atoms with Gasteiger partial charge >= 0.3 is 5.97 Å². The molecule has 0 aromatic heterocycles. The van der Waals surface area contributed by atoms with E-state index >= 15 is 0 Å². The van der Waals surface area contributed by atoms with Crippen LogP contribution < -0.4 is 10.4 Å². The van der Waals surface area contributed by atoms with Gasteiger partial charge in [0.15, 0.2) is 17.2 Å². The molecular formula is C20H22F2N2O2. The lowest BCUT2D eigenvalue weighted by Gasteiger charge is -2.37. The van der Waals surface area contributed by atoms with E-state index in [1.165, 1.54) is 24.4 Å². The zero-order valence-electron chi connectivity index (χ0n) is 15.0. The van der Waals surface area contributed by atoms with Crippen molar-refractivity contribution in [3.8, 4) is 0 Å².